The highest BCUT2D eigenvalue weighted by atomic mass is 19.4. The zero-order chi connectivity index (χ0) is 19.2. The molecule has 0 aliphatic carbocycles. The lowest BCUT2D eigenvalue weighted by Gasteiger charge is -2.33. The van der Waals surface area contributed by atoms with E-state index in [0.29, 0.717) is 5.56 Å². The Balaban J connectivity index is 2.28. The molecule has 9 heteroatoms. The highest BCUT2D eigenvalue weighted by molar-refractivity contribution is 5.88. The number of H-pyrrole nitrogens is 1. The maximum Gasteiger partial charge on any atom is 0.426 e. The average Bonchev–Trinajstić information content (AvgIpc) is 3.12. The van der Waals surface area contributed by atoms with Crippen molar-refractivity contribution >= 4 is 12.1 Å². The SMILES string of the molecule is CCOC(=O)[C@@](NC(=O)OCc1ccccc1)(c1cc[nH]c1)C(F)(F)F. The van der Waals surface area contributed by atoms with Crippen molar-refractivity contribution in [3.63, 3.8) is 0 Å². The smallest absolute Gasteiger partial charge is 0.426 e. The van der Waals surface area contributed by atoms with Crippen molar-refractivity contribution in [3.05, 3.63) is 59.9 Å². The number of ether oxygens (including phenoxy) is 2. The second-order valence-electron chi connectivity index (χ2n) is 5.25. The number of hydrogen-bond acceptors (Lipinski definition) is 4. The number of aromatic amines is 1. The van der Waals surface area contributed by atoms with Crippen molar-refractivity contribution in [1.82, 2.24) is 10.3 Å². The summed E-state index contributed by atoms with van der Waals surface area (Å²) in [6.45, 7) is 0.822. The Hall–Kier alpha value is -2.97. The number of alkyl halides is 3. The van der Waals surface area contributed by atoms with Gasteiger partial charge in [-0.25, -0.2) is 9.59 Å². The molecule has 0 saturated heterocycles. The quantitative estimate of drug-likeness (QED) is 0.765. The molecular formula is C17H17F3N2O4. The summed E-state index contributed by atoms with van der Waals surface area (Å²) in [7, 11) is 0. The molecule has 0 spiro atoms. The summed E-state index contributed by atoms with van der Waals surface area (Å²) >= 11 is 0. The number of nitrogens with one attached hydrogen (secondary N) is 2. The summed E-state index contributed by atoms with van der Waals surface area (Å²) in [5.74, 6) is -1.65. The first-order valence-corrected chi connectivity index (χ1v) is 7.67. The van der Waals surface area contributed by atoms with Gasteiger partial charge in [0.05, 0.1) is 6.61 Å². The molecule has 6 nitrogen and oxygen atoms in total. The third-order valence-electron chi connectivity index (χ3n) is 3.54. The predicted molar refractivity (Wildman–Crippen MR) is 84.9 cm³/mol. The molecule has 1 amide bonds. The molecule has 0 bridgehead atoms. The van der Waals surface area contributed by atoms with Crippen LogP contribution in [0.5, 0.6) is 0 Å². The Morgan fingerprint density at radius 1 is 1.12 bits per heavy atom. The van der Waals surface area contributed by atoms with E-state index in [2.05, 4.69) is 9.72 Å². The van der Waals surface area contributed by atoms with E-state index < -0.39 is 29.3 Å². The molecule has 1 atom stereocenters. The van der Waals surface area contributed by atoms with E-state index in [0.717, 1.165) is 12.3 Å². The number of alkyl carbamates (subject to hydrolysis) is 1. The minimum atomic E-state index is -5.16. The van der Waals surface area contributed by atoms with E-state index in [1.807, 2.05) is 0 Å². The molecule has 1 aromatic carbocycles. The molecular weight excluding hydrogens is 353 g/mol. The van der Waals surface area contributed by atoms with Gasteiger partial charge in [-0.15, -0.1) is 0 Å². The Bertz CT molecular complexity index is 732. The Morgan fingerprint density at radius 2 is 1.81 bits per heavy atom. The van der Waals surface area contributed by atoms with Crippen LogP contribution in [-0.2, 0) is 26.4 Å². The van der Waals surface area contributed by atoms with E-state index in [9.17, 15) is 22.8 Å². The zero-order valence-electron chi connectivity index (χ0n) is 13.8. The van der Waals surface area contributed by atoms with Gasteiger partial charge in [0.2, 0.25) is 0 Å². The average molecular weight is 370 g/mol. The predicted octanol–water partition coefficient (Wildman–Crippen LogP) is 3.26. The van der Waals surface area contributed by atoms with Crippen LogP contribution in [0.2, 0.25) is 0 Å². The minimum Gasteiger partial charge on any atom is -0.464 e. The van der Waals surface area contributed by atoms with Gasteiger partial charge in [-0.05, 0) is 18.6 Å². The van der Waals surface area contributed by atoms with Gasteiger partial charge in [-0.3, -0.25) is 5.32 Å². The van der Waals surface area contributed by atoms with Gasteiger partial charge in [0.1, 0.15) is 6.61 Å². The molecule has 140 valence electrons. The van der Waals surface area contributed by atoms with Gasteiger partial charge in [0, 0.05) is 18.0 Å². The summed E-state index contributed by atoms with van der Waals surface area (Å²) in [6.07, 6.45) is -4.40. The van der Waals surface area contributed by atoms with Crippen molar-refractivity contribution in [2.75, 3.05) is 6.61 Å². The lowest BCUT2D eigenvalue weighted by Crippen LogP contribution is -2.61. The number of aromatic nitrogens is 1. The van der Waals surface area contributed by atoms with E-state index in [1.165, 1.54) is 13.1 Å². The molecule has 1 heterocycles. The maximum absolute atomic E-state index is 13.9. The lowest BCUT2D eigenvalue weighted by atomic mass is 9.91. The summed E-state index contributed by atoms with van der Waals surface area (Å²) in [5, 5.41) is 1.65. The van der Waals surface area contributed by atoms with Crippen LogP contribution in [0.15, 0.2) is 48.8 Å². The van der Waals surface area contributed by atoms with Gasteiger partial charge in [0.15, 0.2) is 0 Å². The third kappa shape index (κ3) is 3.98. The van der Waals surface area contributed by atoms with Crippen molar-refractivity contribution in [1.29, 1.82) is 0 Å². The Kier molecular flexibility index (Phi) is 5.91. The first-order chi connectivity index (χ1) is 12.3. The number of esters is 1. The molecule has 2 rings (SSSR count). The second-order valence-corrected chi connectivity index (χ2v) is 5.25. The summed E-state index contributed by atoms with van der Waals surface area (Å²) < 4.78 is 51.0. The normalized spacial score (nSPS) is 13.5. The minimum absolute atomic E-state index is 0.253. The van der Waals surface area contributed by atoms with Gasteiger partial charge in [0.25, 0.3) is 5.54 Å². The molecule has 0 fully saturated rings. The fourth-order valence-corrected chi connectivity index (χ4v) is 2.30. The monoisotopic (exact) mass is 370 g/mol. The molecule has 0 radical (unpaired) electrons. The molecule has 0 unspecified atom stereocenters. The van der Waals surface area contributed by atoms with E-state index in [1.54, 1.807) is 35.6 Å². The van der Waals surface area contributed by atoms with Crippen LogP contribution in [0.3, 0.4) is 0 Å². The molecule has 0 saturated carbocycles. The van der Waals surface area contributed by atoms with Crippen molar-refractivity contribution in [2.45, 2.75) is 25.2 Å². The number of carbonyl (C=O) groups excluding carboxylic acids is 2. The van der Waals surface area contributed by atoms with Crippen LogP contribution in [0.1, 0.15) is 18.1 Å². The second kappa shape index (κ2) is 7.94. The van der Waals surface area contributed by atoms with E-state index >= 15 is 0 Å². The maximum atomic E-state index is 13.9. The Labute approximate surface area is 147 Å². The summed E-state index contributed by atoms with van der Waals surface area (Å²) in [5.41, 5.74) is -3.31. The number of benzene rings is 1. The number of rotatable bonds is 6. The first kappa shape index (κ1) is 19.4. The van der Waals surface area contributed by atoms with Gasteiger partial charge in [-0.2, -0.15) is 13.2 Å². The van der Waals surface area contributed by atoms with Crippen molar-refractivity contribution in [3.8, 4) is 0 Å². The van der Waals surface area contributed by atoms with Gasteiger partial charge in [-0.1, -0.05) is 30.3 Å². The number of carbonyl (C=O) groups is 2. The number of amides is 1. The summed E-state index contributed by atoms with van der Waals surface area (Å²) in [4.78, 5) is 26.7. The topological polar surface area (TPSA) is 80.4 Å². The fraction of sp³-hybridized carbons (Fsp3) is 0.294. The highest BCUT2D eigenvalue weighted by Gasteiger charge is 2.64. The lowest BCUT2D eigenvalue weighted by molar-refractivity contribution is -0.215. The van der Waals surface area contributed by atoms with Gasteiger partial charge >= 0.3 is 18.2 Å². The third-order valence-corrected chi connectivity index (χ3v) is 3.54. The summed E-state index contributed by atoms with van der Waals surface area (Å²) in [6, 6.07) is 9.43. The Morgan fingerprint density at radius 3 is 2.35 bits per heavy atom. The van der Waals surface area contributed by atoms with Crippen LogP contribution >= 0.6 is 0 Å². The highest BCUT2D eigenvalue weighted by Crippen LogP contribution is 2.40. The van der Waals surface area contributed by atoms with Crippen LogP contribution in [-0.4, -0.2) is 29.8 Å². The van der Waals surface area contributed by atoms with Crippen LogP contribution in [0, 0.1) is 0 Å². The molecule has 0 aliphatic heterocycles. The molecule has 0 aliphatic rings. The van der Waals surface area contributed by atoms with Crippen molar-refractivity contribution in [2.24, 2.45) is 0 Å². The molecule has 26 heavy (non-hydrogen) atoms. The fourth-order valence-electron chi connectivity index (χ4n) is 2.30. The van der Waals surface area contributed by atoms with Crippen molar-refractivity contribution < 1.29 is 32.2 Å². The zero-order valence-corrected chi connectivity index (χ0v) is 13.8. The van der Waals surface area contributed by atoms with Crippen LogP contribution in [0.4, 0.5) is 18.0 Å². The number of hydrogen-bond donors (Lipinski definition) is 2. The largest absolute Gasteiger partial charge is 0.464 e. The van der Waals surface area contributed by atoms with Crippen LogP contribution < -0.4 is 5.32 Å². The van der Waals surface area contributed by atoms with Crippen LogP contribution in [0.25, 0.3) is 0 Å². The number of halogens is 3. The van der Waals surface area contributed by atoms with E-state index in [4.69, 9.17) is 4.74 Å². The molecule has 2 aromatic rings. The van der Waals surface area contributed by atoms with E-state index in [-0.39, 0.29) is 13.2 Å². The van der Waals surface area contributed by atoms with Gasteiger partial charge < -0.3 is 14.5 Å². The first-order valence-electron chi connectivity index (χ1n) is 7.67. The standard InChI is InChI=1S/C17H17F3N2O4/c1-2-25-14(23)16(17(18,19)20,13-8-9-21-10-13)22-15(24)26-11-12-6-4-3-5-7-12/h3-10,21H,2,11H2,1H3,(H,22,24)/t16-/m0/s1. The molecule has 1 aromatic heterocycles. The molecule has 2 N–H and O–H groups in total.